The highest BCUT2D eigenvalue weighted by molar-refractivity contribution is 5.78. The van der Waals surface area contributed by atoms with Crippen LogP contribution < -0.4 is 11.1 Å². The van der Waals surface area contributed by atoms with Gasteiger partial charge in [0.05, 0.1) is 6.42 Å². The summed E-state index contributed by atoms with van der Waals surface area (Å²) in [4.78, 5) is 14.2. The second kappa shape index (κ2) is 7.90. The number of amides is 1. The van der Waals surface area contributed by atoms with Crippen molar-refractivity contribution in [3.8, 4) is 0 Å². The van der Waals surface area contributed by atoms with Crippen molar-refractivity contribution in [2.24, 2.45) is 0 Å². The van der Waals surface area contributed by atoms with Gasteiger partial charge in [0.2, 0.25) is 5.91 Å². The standard InChI is InChI=1S/C16H27N3O/c1-12(2)19(13(3)4)9-8-18-16(20)11-14-6-5-7-15(17)10-14/h5-7,10,12-13H,8-9,11,17H2,1-4H3,(H,18,20). The fraction of sp³-hybridized carbons (Fsp3) is 0.562. The van der Waals surface area contributed by atoms with Crippen molar-refractivity contribution in [3.05, 3.63) is 29.8 Å². The topological polar surface area (TPSA) is 58.4 Å². The van der Waals surface area contributed by atoms with Crippen LogP contribution in [0.5, 0.6) is 0 Å². The van der Waals surface area contributed by atoms with E-state index < -0.39 is 0 Å². The Morgan fingerprint density at radius 1 is 1.25 bits per heavy atom. The number of benzene rings is 1. The number of hydrogen-bond acceptors (Lipinski definition) is 3. The van der Waals surface area contributed by atoms with E-state index in [1.165, 1.54) is 0 Å². The minimum atomic E-state index is 0.0445. The largest absolute Gasteiger partial charge is 0.399 e. The maximum Gasteiger partial charge on any atom is 0.224 e. The van der Waals surface area contributed by atoms with Gasteiger partial charge in [0.1, 0.15) is 0 Å². The highest BCUT2D eigenvalue weighted by Gasteiger charge is 2.13. The second-order valence-electron chi connectivity index (χ2n) is 5.70. The molecule has 0 spiro atoms. The molecular formula is C16H27N3O. The summed E-state index contributed by atoms with van der Waals surface area (Å²) >= 11 is 0. The molecular weight excluding hydrogens is 250 g/mol. The number of nitrogens with one attached hydrogen (secondary N) is 1. The molecule has 1 aromatic carbocycles. The molecule has 0 aliphatic rings. The molecule has 4 heteroatoms. The van der Waals surface area contributed by atoms with Crippen LogP contribution in [0, 0.1) is 0 Å². The monoisotopic (exact) mass is 277 g/mol. The molecule has 1 aromatic rings. The van der Waals surface area contributed by atoms with Gasteiger partial charge in [0.25, 0.3) is 0 Å². The Morgan fingerprint density at radius 2 is 1.90 bits per heavy atom. The van der Waals surface area contributed by atoms with Crippen molar-refractivity contribution in [1.82, 2.24) is 10.2 Å². The van der Waals surface area contributed by atoms with Gasteiger partial charge in [-0.15, -0.1) is 0 Å². The summed E-state index contributed by atoms with van der Waals surface area (Å²) in [5, 5.41) is 2.97. The highest BCUT2D eigenvalue weighted by atomic mass is 16.1. The van der Waals surface area contributed by atoms with Gasteiger partial charge in [-0.3, -0.25) is 9.69 Å². The first-order valence-corrected chi connectivity index (χ1v) is 7.27. The van der Waals surface area contributed by atoms with Gasteiger partial charge in [-0.05, 0) is 45.4 Å². The number of nitrogen functional groups attached to an aromatic ring is 1. The summed E-state index contributed by atoms with van der Waals surface area (Å²) in [7, 11) is 0. The van der Waals surface area contributed by atoms with E-state index in [2.05, 4.69) is 37.9 Å². The van der Waals surface area contributed by atoms with Crippen LogP contribution in [0.4, 0.5) is 5.69 Å². The van der Waals surface area contributed by atoms with Gasteiger partial charge in [0.15, 0.2) is 0 Å². The third kappa shape index (κ3) is 5.61. The van der Waals surface area contributed by atoms with Gasteiger partial charge in [-0.1, -0.05) is 12.1 Å². The maximum absolute atomic E-state index is 11.9. The predicted molar refractivity (Wildman–Crippen MR) is 84.5 cm³/mol. The number of carbonyl (C=O) groups excluding carboxylic acids is 1. The van der Waals surface area contributed by atoms with Crippen LogP contribution >= 0.6 is 0 Å². The van der Waals surface area contributed by atoms with Crippen LogP contribution in [0.1, 0.15) is 33.3 Å². The van der Waals surface area contributed by atoms with Crippen LogP contribution in [-0.2, 0) is 11.2 Å². The van der Waals surface area contributed by atoms with E-state index in [-0.39, 0.29) is 5.91 Å². The van der Waals surface area contributed by atoms with Gasteiger partial charge >= 0.3 is 0 Å². The summed E-state index contributed by atoms with van der Waals surface area (Å²) < 4.78 is 0. The molecule has 0 atom stereocenters. The molecule has 3 N–H and O–H groups in total. The summed E-state index contributed by atoms with van der Waals surface area (Å²) in [6, 6.07) is 8.43. The molecule has 0 radical (unpaired) electrons. The number of carbonyl (C=O) groups is 1. The average Bonchev–Trinajstić information content (AvgIpc) is 2.33. The first-order valence-electron chi connectivity index (χ1n) is 7.27. The predicted octanol–water partition coefficient (Wildman–Crippen LogP) is 2.05. The molecule has 0 aliphatic carbocycles. The lowest BCUT2D eigenvalue weighted by Crippen LogP contribution is -2.42. The molecule has 0 unspecified atom stereocenters. The van der Waals surface area contributed by atoms with Crippen molar-refractivity contribution in [2.45, 2.75) is 46.2 Å². The molecule has 0 saturated heterocycles. The van der Waals surface area contributed by atoms with Crippen LogP contribution in [0.15, 0.2) is 24.3 Å². The Morgan fingerprint density at radius 3 is 2.45 bits per heavy atom. The zero-order valence-electron chi connectivity index (χ0n) is 13.0. The van der Waals surface area contributed by atoms with E-state index in [4.69, 9.17) is 5.73 Å². The molecule has 112 valence electrons. The molecule has 0 saturated carbocycles. The van der Waals surface area contributed by atoms with Crippen molar-refractivity contribution in [1.29, 1.82) is 0 Å². The van der Waals surface area contributed by atoms with Gasteiger partial charge in [-0.2, -0.15) is 0 Å². The zero-order chi connectivity index (χ0) is 15.1. The number of rotatable bonds is 7. The molecule has 20 heavy (non-hydrogen) atoms. The molecule has 0 aromatic heterocycles. The van der Waals surface area contributed by atoms with E-state index in [0.717, 1.165) is 12.1 Å². The fourth-order valence-electron chi connectivity index (χ4n) is 2.39. The lowest BCUT2D eigenvalue weighted by Gasteiger charge is -2.30. The molecule has 0 aliphatic heterocycles. The van der Waals surface area contributed by atoms with Crippen LogP contribution in [-0.4, -0.2) is 36.0 Å². The Labute approximate surface area is 122 Å². The summed E-state index contributed by atoms with van der Waals surface area (Å²) in [6.07, 6.45) is 0.383. The molecule has 1 rings (SSSR count). The van der Waals surface area contributed by atoms with E-state index in [1.807, 2.05) is 24.3 Å². The molecule has 4 nitrogen and oxygen atoms in total. The van der Waals surface area contributed by atoms with Crippen LogP contribution in [0.25, 0.3) is 0 Å². The highest BCUT2D eigenvalue weighted by Crippen LogP contribution is 2.07. The smallest absolute Gasteiger partial charge is 0.224 e. The van der Waals surface area contributed by atoms with E-state index in [0.29, 0.717) is 30.7 Å². The third-order valence-corrected chi connectivity index (χ3v) is 3.33. The second-order valence-corrected chi connectivity index (χ2v) is 5.70. The van der Waals surface area contributed by atoms with Crippen molar-refractivity contribution < 1.29 is 4.79 Å². The SMILES string of the molecule is CC(C)N(CCNC(=O)Cc1cccc(N)c1)C(C)C. The minimum absolute atomic E-state index is 0.0445. The number of nitrogens with zero attached hydrogens (tertiary/aromatic N) is 1. The van der Waals surface area contributed by atoms with Gasteiger partial charge in [0, 0.05) is 30.9 Å². The van der Waals surface area contributed by atoms with E-state index in [1.54, 1.807) is 0 Å². The number of hydrogen-bond donors (Lipinski definition) is 2. The third-order valence-electron chi connectivity index (χ3n) is 3.33. The lowest BCUT2D eigenvalue weighted by atomic mass is 10.1. The lowest BCUT2D eigenvalue weighted by molar-refractivity contribution is -0.120. The Balaban J connectivity index is 2.36. The summed E-state index contributed by atoms with van der Waals surface area (Å²) in [5.74, 6) is 0.0445. The quantitative estimate of drug-likeness (QED) is 0.750. The van der Waals surface area contributed by atoms with Crippen molar-refractivity contribution in [2.75, 3.05) is 18.8 Å². The Hall–Kier alpha value is -1.55. The molecule has 0 heterocycles. The van der Waals surface area contributed by atoms with E-state index in [9.17, 15) is 4.79 Å². The van der Waals surface area contributed by atoms with Crippen LogP contribution in [0.2, 0.25) is 0 Å². The molecule has 1 amide bonds. The van der Waals surface area contributed by atoms with Gasteiger partial charge < -0.3 is 11.1 Å². The maximum atomic E-state index is 11.9. The Bertz CT molecular complexity index is 421. The fourth-order valence-corrected chi connectivity index (χ4v) is 2.39. The summed E-state index contributed by atoms with van der Waals surface area (Å²) in [6.45, 7) is 10.3. The Kier molecular flexibility index (Phi) is 6.52. The van der Waals surface area contributed by atoms with Gasteiger partial charge in [-0.25, -0.2) is 0 Å². The van der Waals surface area contributed by atoms with E-state index >= 15 is 0 Å². The summed E-state index contributed by atoms with van der Waals surface area (Å²) in [5.41, 5.74) is 7.35. The molecule has 0 bridgehead atoms. The van der Waals surface area contributed by atoms with Crippen molar-refractivity contribution in [3.63, 3.8) is 0 Å². The average molecular weight is 277 g/mol. The minimum Gasteiger partial charge on any atom is -0.399 e. The molecule has 0 fully saturated rings. The number of nitrogens with two attached hydrogens (primary N) is 1. The normalized spacial score (nSPS) is 11.3. The number of anilines is 1. The van der Waals surface area contributed by atoms with Crippen LogP contribution in [0.3, 0.4) is 0 Å². The van der Waals surface area contributed by atoms with Crippen molar-refractivity contribution >= 4 is 11.6 Å². The first kappa shape index (κ1) is 16.5. The zero-order valence-corrected chi connectivity index (χ0v) is 13.0. The first-order chi connectivity index (χ1) is 9.40.